The smallest absolute Gasteiger partial charge is 0.270 e. The van der Waals surface area contributed by atoms with Crippen LogP contribution in [0, 0.1) is 5.82 Å². The quantitative estimate of drug-likeness (QED) is 0.612. The van der Waals surface area contributed by atoms with Gasteiger partial charge in [0.25, 0.3) is 5.91 Å². The number of rotatable bonds is 7. The minimum atomic E-state index is -0.295. The van der Waals surface area contributed by atoms with Gasteiger partial charge in [-0.3, -0.25) is 4.79 Å². The van der Waals surface area contributed by atoms with Crippen molar-refractivity contribution < 1.29 is 13.9 Å². The second kappa shape index (κ2) is 8.34. The van der Waals surface area contributed by atoms with E-state index in [9.17, 15) is 9.18 Å². The molecule has 1 amide bonds. The number of hydrogen-bond donors (Lipinski definition) is 1. The topological polar surface area (TPSA) is 45.3 Å². The summed E-state index contributed by atoms with van der Waals surface area (Å²) in [6.07, 6.45) is 0.713. The molecule has 6 heteroatoms. The highest BCUT2D eigenvalue weighted by Gasteiger charge is 2.19. The first-order valence-electron chi connectivity index (χ1n) is 8.38. The SMILES string of the molecule is COCCCN(Cc1ccc(F)cc1)C(=O)c1cc2c(Cl)cccc2[nH]1. The van der Waals surface area contributed by atoms with Crippen molar-refractivity contribution in [2.45, 2.75) is 13.0 Å². The van der Waals surface area contributed by atoms with Gasteiger partial charge in [0.1, 0.15) is 11.5 Å². The Morgan fingerprint density at radius 2 is 2.00 bits per heavy atom. The zero-order chi connectivity index (χ0) is 18.5. The summed E-state index contributed by atoms with van der Waals surface area (Å²) in [5.74, 6) is -0.422. The fourth-order valence-corrected chi connectivity index (χ4v) is 3.10. The van der Waals surface area contributed by atoms with Crippen LogP contribution in [0.5, 0.6) is 0 Å². The van der Waals surface area contributed by atoms with E-state index in [0.29, 0.717) is 36.8 Å². The number of methoxy groups -OCH3 is 1. The molecule has 2 aromatic carbocycles. The number of ether oxygens (including phenoxy) is 1. The van der Waals surface area contributed by atoms with Gasteiger partial charge in [-0.25, -0.2) is 4.39 Å². The van der Waals surface area contributed by atoms with E-state index in [1.165, 1.54) is 12.1 Å². The summed E-state index contributed by atoms with van der Waals surface area (Å²) in [6, 6.07) is 13.5. The van der Waals surface area contributed by atoms with Crippen LogP contribution in [0.15, 0.2) is 48.5 Å². The van der Waals surface area contributed by atoms with Crippen molar-refractivity contribution in [1.29, 1.82) is 0 Å². The summed E-state index contributed by atoms with van der Waals surface area (Å²) in [6.45, 7) is 1.49. The maximum absolute atomic E-state index is 13.1. The highest BCUT2D eigenvalue weighted by molar-refractivity contribution is 6.35. The van der Waals surface area contributed by atoms with Crippen LogP contribution in [0.25, 0.3) is 10.9 Å². The van der Waals surface area contributed by atoms with Gasteiger partial charge in [0.05, 0.1) is 0 Å². The number of carbonyl (C=O) groups is 1. The lowest BCUT2D eigenvalue weighted by atomic mass is 10.2. The lowest BCUT2D eigenvalue weighted by Crippen LogP contribution is -2.32. The van der Waals surface area contributed by atoms with Crippen molar-refractivity contribution in [2.75, 3.05) is 20.3 Å². The van der Waals surface area contributed by atoms with E-state index in [4.69, 9.17) is 16.3 Å². The highest BCUT2D eigenvalue weighted by atomic mass is 35.5. The average molecular weight is 375 g/mol. The first kappa shape index (κ1) is 18.4. The molecule has 0 radical (unpaired) electrons. The van der Waals surface area contributed by atoms with Crippen LogP contribution in [-0.2, 0) is 11.3 Å². The minimum absolute atomic E-state index is 0.127. The molecule has 0 unspecified atom stereocenters. The summed E-state index contributed by atoms with van der Waals surface area (Å²) in [7, 11) is 1.63. The molecule has 0 spiro atoms. The number of hydrogen-bond acceptors (Lipinski definition) is 2. The molecule has 0 saturated carbocycles. The van der Waals surface area contributed by atoms with E-state index in [1.807, 2.05) is 12.1 Å². The molecular formula is C20H20ClFN2O2. The fraction of sp³-hybridized carbons (Fsp3) is 0.250. The molecule has 3 rings (SSSR count). The number of carbonyl (C=O) groups excluding carboxylic acids is 1. The van der Waals surface area contributed by atoms with Crippen LogP contribution in [-0.4, -0.2) is 36.1 Å². The Bertz CT molecular complexity index is 892. The van der Waals surface area contributed by atoms with Crippen LogP contribution >= 0.6 is 11.6 Å². The zero-order valence-corrected chi connectivity index (χ0v) is 15.2. The van der Waals surface area contributed by atoms with Gasteiger partial charge in [0.2, 0.25) is 0 Å². The molecule has 1 N–H and O–H groups in total. The first-order chi connectivity index (χ1) is 12.6. The monoisotopic (exact) mass is 374 g/mol. The van der Waals surface area contributed by atoms with Crippen molar-refractivity contribution in [1.82, 2.24) is 9.88 Å². The van der Waals surface area contributed by atoms with Gasteiger partial charge in [-0.05, 0) is 42.3 Å². The fourth-order valence-electron chi connectivity index (χ4n) is 2.87. The summed E-state index contributed by atoms with van der Waals surface area (Å²) in [5, 5.41) is 1.42. The van der Waals surface area contributed by atoms with E-state index >= 15 is 0 Å². The lowest BCUT2D eigenvalue weighted by Gasteiger charge is -2.22. The number of H-pyrrole nitrogens is 1. The summed E-state index contributed by atoms with van der Waals surface area (Å²) in [5.41, 5.74) is 2.17. The molecule has 1 aromatic heterocycles. The number of halogens is 2. The van der Waals surface area contributed by atoms with E-state index < -0.39 is 0 Å². The van der Waals surface area contributed by atoms with Gasteiger partial charge in [-0.2, -0.15) is 0 Å². The van der Waals surface area contributed by atoms with Crippen LogP contribution in [0.4, 0.5) is 4.39 Å². The second-order valence-corrected chi connectivity index (χ2v) is 6.49. The Kier molecular flexibility index (Phi) is 5.91. The van der Waals surface area contributed by atoms with E-state index in [-0.39, 0.29) is 11.7 Å². The standard InChI is InChI=1S/C20H20ClFN2O2/c1-26-11-3-10-24(13-14-6-8-15(22)9-7-14)20(25)19-12-16-17(21)4-2-5-18(16)23-19/h2,4-9,12,23H,3,10-11,13H2,1H3. The molecule has 0 atom stereocenters. The van der Waals surface area contributed by atoms with Crippen molar-refractivity contribution in [3.63, 3.8) is 0 Å². The minimum Gasteiger partial charge on any atom is -0.385 e. The van der Waals surface area contributed by atoms with Gasteiger partial charge in [-0.1, -0.05) is 29.8 Å². The molecule has 136 valence electrons. The number of aromatic amines is 1. The normalized spacial score (nSPS) is 11.0. The summed E-state index contributed by atoms with van der Waals surface area (Å²) >= 11 is 6.20. The van der Waals surface area contributed by atoms with E-state index in [2.05, 4.69) is 4.98 Å². The molecule has 0 saturated heterocycles. The molecule has 0 aliphatic heterocycles. The van der Waals surface area contributed by atoms with Crippen LogP contribution in [0.2, 0.25) is 5.02 Å². The van der Waals surface area contributed by atoms with Crippen molar-refractivity contribution in [3.05, 3.63) is 70.6 Å². The Morgan fingerprint density at radius 3 is 2.69 bits per heavy atom. The number of amides is 1. The molecule has 26 heavy (non-hydrogen) atoms. The molecule has 3 aromatic rings. The van der Waals surface area contributed by atoms with Gasteiger partial charge >= 0.3 is 0 Å². The molecular weight excluding hydrogens is 355 g/mol. The maximum Gasteiger partial charge on any atom is 0.270 e. The van der Waals surface area contributed by atoms with Gasteiger partial charge in [0.15, 0.2) is 0 Å². The lowest BCUT2D eigenvalue weighted by molar-refractivity contribution is 0.0718. The third-order valence-electron chi connectivity index (χ3n) is 4.19. The van der Waals surface area contributed by atoms with Crippen LogP contribution < -0.4 is 0 Å². The van der Waals surface area contributed by atoms with Gasteiger partial charge < -0.3 is 14.6 Å². The Balaban J connectivity index is 1.84. The van der Waals surface area contributed by atoms with E-state index in [0.717, 1.165) is 16.5 Å². The van der Waals surface area contributed by atoms with Gasteiger partial charge in [0, 0.05) is 42.7 Å². The maximum atomic E-state index is 13.1. The van der Waals surface area contributed by atoms with Crippen LogP contribution in [0.1, 0.15) is 22.5 Å². The largest absolute Gasteiger partial charge is 0.385 e. The molecule has 0 bridgehead atoms. The number of aromatic nitrogens is 1. The zero-order valence-electron chi connectivity index (χ0n) is 14.5. The van der Waals surface area contributed by atoms with Crippen LogP contribution in [0.3, 0.4) is 0 Å². The number of nitrogens with one attached hydrogen (secondary N) is 1. The number of benzene rings is 2. The molecule has 0 aliphatic rings. The molecule has 0 aliphatic carbocycles. The Labute approximate surface area is 156 Å². The predicted molar refractivity (Wildman–Crippen MR) is 101 cm³/mol. The number of nitrogens with zero attached hydrogens (tertiary/aromatic N) is 1. The average Bonchev–Trinajstić information content (AvgIpc) is 3.08. The first-order valence-corrected chi connectivity index (χ1v) is 8.76. The molecule has 0 fully saturated rings. The highest BCUT2D eigenvalue weighted by Crippen LogP contribution is 2.25. The van der Waals surface area contributed by atoms with Gasteiger partial charge in [-0.15, -0.1) is 0 Å². The molecule has 1 heterocycles. The second-order valence-electron chi connectivity index (χ2n) is 6.08. The van der Waals surface area contributed by atoms with Crippen molar-refractivity contribution in [3.8, 4) is 0 Å². The Morgan fingerprint density at radius 1 is 1.23 bits per heavy atom. The summed E-state index contributed by atoms with van der Waals surface area (Å²) in [4.78, 5) is 17.9. The summed E-state index contributed by atoms with van der Waals surface area (Å²) < 4.78 is 18.2. The number of fused-ring (bicyclic) bond motifs is 1. The predicted octanol–water partition coefficient (Wildman–Crippen LogP) is 4.64. The third kappa shape index (κ3) is 4.23. The van der Waals surface area contributed by atoms with E-state index in [1.54, 1.807) is 36.3 Å². The van der Waals surface area contributed by atoms with Crippen molar-refractivity contribution in [2.24, 2.45) is 0 Å². The molecule has 4 nitrogen and oxygen atoms in total. The third-order valence-corrected chi connectivity index (χ3v) is 4.52. The van der Waals surface area contributed by atoms with Crippen molar-refractivity contribution >= 4 is 28.4 Å². The Hall–Kier alpha value is -2.37.